The number of fused-ring (bicyclic) bond motifs is 1. The number of carboxylic acids is 1. The molecule has 0 saturated carbocycles. The van der Waals surface area contributed by atoms with Crippen molar-refractivity contribution in [1.82, 2.24) is 5.32 Å². The van der Waals surface area contributed by atoms with E-state index in [-0.39, 0.29) is 12.8 Å². The number of hydrogen-bond donors (Lipinski definition) is 2. The summed E-state index contributed by atoms with van der Waals surface area (Å²) in [6, 6.07) is 13.0. The second kappa shape index (κ2) is 7.67. The van der Waals surface area contributed by atoms with Crippen molar-refractivity contribution < 1.29 is 14.7 Å². The second-order valence-corrected chi connectivity index (χ2v) is 7.01. The van der Waals surface area contributed by atoms with Crippen LogP contribution in [-0.2, 0) is 17.6 Å². The van der Waals surface area contributed by atoms with E-state index in [1.54, 1.807) is 12.1 Å². The summed E-state index contributed by atoms with van der Waals surface area (Å²) >= 11 is 0. The molecule has 138 valence electrons. The molecule has 3 rings (SSSR count). The molecule has 0 aliphatic heterocycles. The molecule has 1 amide bonds. The Kier molecular flexibility index (Phi) is 5.32. The number of amides is 1. The van der Waals surface area contributed by atoms with Crippen molar-refractivity contribution in [1.29, 1.82) is 0 Å². The van der Waals surface area contributed by atoms with Gasteiger partial charge in [0.1, 0.15) is 5.54 Å². The van der Waals surface area contributed by atoms with Gasteiger partial charge in [0.2, 0.25) is 0 Å². The Morgan fingerprint density at radius 1 is 1.11 bits per heavy atom. The highest BCUT2D eigenvalue weighted by molar-refractivity contribution is 6.00. The lowest BCUT2D eigenvalue weighted by Crippen LogP contribution is -2.55. The predicted octanol–water partition coefficient (Wildman–Crippen LogP) is 3.50. The molecular weight excluding hydrogens is 338 g/mol. The highest BCUT2D eigenvalue weighted by atomic mass is 16.4. The van der Waals surface area contributed by atoms with Crippen LogP contribution in [0.5, 0.6) is 0 Å². The van der Waals surface area contributed by atoms with Crippen LogP contribution < -0.4 is 5.32 Å². The maximum Gasteiger partial charge on any atom is 0.330 e. The average Bonchev–Trinajstić information content (AvgIpc) is 3.02. The molecule has 0 unspecified atom stereocenters. The first-order chi connectivity index (χ1) is 13.0. The van der Waals surface area contributed by atoms with E-state index in [0.29, 0.717) is 11.1 Å². The number of aliphatic carboxylic acids is 1. The third-order valence-electron chi connectivity index (χ3n) is 4.97. The van der Waals surface area contributed by atoms with Crippen molar-refractivity contribution in [3.63, 3.8) is 0 Å². The van der Waals surface area contributed by atoms with E-state index in [2.05, 4.69) is 24.1 Å². The SMILES string of the molecule is CCCC#Cc1c(C)cccc1C(=O)NC1(C(=O)O)Cc2ccccc2C1. The monoisotopic (exact) mass is 361 g/mol. The summed E-state index contributed by atoms with van der Waals surface area (Å²) in [5, 5.41) is 12.7. The van der Waals surface area contributed by atoms with Gasteiger partial charge in [0.25, 0.3) is 5.91 Å². The van der Waals surface area contributed by atoms with Gasteiger partial charge in [-0.3, -0.25) is 4.79 Å². The molecule has 0 saturated heterocycles. The molecule has 4 nitrogen and oxygen atoms in total. The summed E-state index contributed by atoms with van der Waals surface area (Å²) in [5.74, 6) is 4.76. The van der Waals surface area contributed by atoms with Crippen LogP contribution in [0.3, 0.4) is 0 Å². The first kappa shape index (κ1) is 18.7. The Labute approximate surface area is 159 Å². The Morgan fingerprint density at radius 3 is 2.37 bits per heavy atom. The zero-order valence-electron chi connectivity index (χ0n) is 15.6. The Morgan fingerprint density at radius 2 is 1.78 bits per heavy atom. The quantitative estimate of drug-likeness (QED) is 0.819. The molecule has 2 N–H and O–H groups in total. The Bertz CT molecular complexity index is 925. The highest BCUT2D eigenvalue weighted by Gasteiger charge is 2.45. The van der Waals surface area contributed by atoms with Gasteiger partial charge >= 0.3 is 5.97 Å². The topological polar surface area (TPSA) is 66.4 Å². The van der Waals surface area contributed by atoms with Crippen molar-refractivity contribution >= 4 is 11.9 Å². The van der Waals surface area contributed by atoms with Crippen molar-refractivity contribution in [2.75, 3.05) is 0 Å². The summed E-state index contributed by atoms with van der Waals surface area (Å²) in [4.78, 5) is 25.1. The lowest BCUT2D eigenvalue weighted by Gasteiger charge is -2.26. The fourth-order valence-corrected chi connectivity index (χ4v) is 3.49. The number of benzene rings is 2. The molecule has 1 aliphatic carbocycles. The minimum atomic E-state index is -1.32. The minimum Gasteiger partial charge on any atom is -0.479 e. The van der Waals surface area contributed by atoms with Crippen molar-refractivity contribution in [2.24, 2.45) is 0 Å². The van der Waals surface area contributed by atoms with E-state index in [4.69, 9.17) is 0 Å². The smallest absolute Gasteiger partial charge is 0.330 e. The lowest BCUT2D eigenvalue weighted by atomic mass is 9.94. The van der Waals surface area contributed by atoms with Crippen LogP contribution in [0.1, 0.15) is 52.4 Å². The number of carbonyl (C=O) groups excluding carboxylic acids is 1. The van der Waals surface area contributed by atoms with Gasteiger partial charge in [0.15, 0.2) is 0 Å². The van der Waals surface area contributed by atoms with E-state index < -0.39 is 17.4 Å². The summed E-state index contributed by atoms with van der Waals surface area (Å²) in [6.45, 7) is 3.96. The molecule has 27 heavy (non-hydrogen) atoms. The highest BCUT2D eigenvalue weighted by Crippen LogP contribution is 2.31. The number of rotatable bonds is 4. The number of unbranched alkanes of at least 4 members (excludes halogenated alkanes) is 1. The summed E-state index contributed by atoms with van der Waals surface area (Å²) in [6.07, 6.45) is 2.27. The molecule has 2 aromatic rings. The molecule has 0 spiro atoms. The fraction of sp³-hybridized carbons (Fsp3) is 0.304. The Balaban J connectivity index is 1.92. The van der Waals surface area contributed by atoms with Crippen molar-refractivity contribution in [2.45, 2.75) is 45.1 Å². The molecular formula is C23H23NO3. The van der Waals surface area contributed by atoms with Gasteiger partial charge < -0.3 is 10.4 Å². The molecule has 2 aromatic carbocycles. The van der Waals surface area contributed by atoms with Crippen LogP contribution >= 0.6 is 0 Å². The van der Waals surface area contributed by atoms with E-state index in [9.17, 15) is 14.7 Å². The van der Waals surface area contributed by atoms with Gasteiger partial charge in [-0.15, -0.1) is 0 Å². The number of carbonyl (C=O) groups is 2. The molecule has 0 bridgehead atoms. The van der Waals surface area contributed by atoms with Crippen LogP contribution in [0.4, 0.5) is 0 Å². The van der Waals surface area contributed by atoms with E-state index in [1.165, 1.54) is 0 Å². The first-order valence-corrected chi connectivity index (χ1v) is 9.18. The van der Waals surface area contributed by atoms with Gasteiger partial charge in [0, 0.05) is 24.8 Å². The fourth-order valence-electron chi connectivity index (χ4n) is 3.49. The lowest BCUT2D eigenvalue weighted by molar-refractivity contribution is -0.144. The number of hydrogen-bond acceptors (Lipinski definition) is 2. The van der Waals surface area contributed by atoms with Crippen LogP contribution in [0.15, 0.2) is 42.5 Å². The average molecular weight is 361 g/mol. The zero-order valence-corrected chi connectivity index (χ0v) is 15.6. The Hall–Kier alpha value is -3.06. The number of nitrogens with one attached hydrogen (secondary N) is 1. The van der Waals surface area contributed by atoms with Gasteiger partial charge in [-0.25, -0.2) is 4.79 Å². The summed E-state index contributed by atoms with van der Waals surface area (Å²) in [5.41, 5.74) is 2.61. The molecule has 0 radical (unpaired) electrons. The standard InChI is InChI=1S/C23H23NO3/c1-3-4-5-12-19-16(2)9-8-13-20(19)21(25)24-23(22(26)27)14-17-10-6-7-11-18(17)15-23/h6-11,13H,3-4,14-15H2,1-2H3,(H,24,25)(H,26,27). The summed E-state index contributed by atoms with van der Waals surface area (Å²) < 4.78 is 0. The van der Waals surface area contributed by atoms with E-state index in [1.807, 2.05) is 37.3 Å². The van der Waals surface area contributed by atoms with E-state index in [0.717, 1.165) is 29.5 Å². The van der Waals surface area contributed by atoms with Crippen molar-refractivity contribution in [3.05, 3.63) is 70.3 Å². The number of aryl methyl sites for hydroxylation is 1. The van der Waals surface area contributed by atoms with Crippen LogP contribution in [-0.4, -0.2) is 22.5 Å². The molecule has 0 atom stereocenters. The molecule has 0 fully saturated rings. The molecule has 0 heterocycles. The predicted molar refractivity (Wildman–Crippen MR) is 105 cm³/mol. The molecule has 4 heteroatoms. The minimum absolute atomic E-state index is 0.285. The van der Waals surface area contributed by atoms with Crippen LogP contribution in [0, 0.1) is 18.8 Å². The van der Waals surface area contributed by atoms with Crippen LogP contribution in [0.2, 0.25) is 0 Å². The van der Waals surface area contributed by atoms with E-state index >= 15 is 0 Å². The molecule has 0 aromatic heterocycles. The third-order valence-corrected chi connectivity index (χ3v) is 4.97. The zero-order chi connectivity index (χ0) is 19.4. The van der Waals surface area contributed by atoms with Gasteiger partial charge in [-0.2, -0.15) is 0 Å². The normalized spacial score (nSPS) is 14.0. The number of carboxylic acid groups (broad SMARTS) is 1. The van der Waals surface area contributed by atoms with Crippen molar-refractivity contribution in [3.8, 4) is 11.8 Å². The summed E-state index contributed by atoms with van der Waals surface area (Å²) in [7, 11) is 0. The van der Waals surface area contributed by atoms with Gasteiger partial charge in [0.05, 0.1) is 5.56 Å². The maximum absolute atomic E-state index is 13.0. The van der Waals surface area contributed by atoms with Gasteiger partial charge in [-0.05, 0) is 36.1 Å². The maximum atomic E-state index is 13.0. The van der Waals surface area contributed by atoms with Crippen LogP contribution in [0.25, 0.3) is 0 Å². The molecule has 1 aliphatic rings. The van der Waals surface area contributed by atoms with Gasteiger partial charge in [-0.1, -0.05) is 55.2 Å². The largest absolute Gasteiger partial charge is 0.479 e. The second-order valence-electron chi connectivity index (χ2n) is 7.01. The third kappa shape index (κ3) is 3.73. The first-order valence-electron chi connectivity index (χ1n) is 9.18.